The van der Waals surface area contributed by atoms with Gasteiger partial charge >= 0.3 is 0 Å². The molecule has 0 amide bonds. The van der Waals surface area contributed by atoms with E-state index >= 15 is 0 Å². The first kappa shape index (κ1) is 18.7. The molecule has 0 bridgehead atoms. The number of thiazole rings is 1. The number of nitrogens with one attached hydrogen (secondary N) is 1. The Morgan fingerprint density at radius 2 is 1.77 bits per heavy atom. The normalized spacial score (nSPS) is 11.7. The Balaban J connectivity index is 1.69. The average molecular weight is 391 g/mol. The molecule has 0 aliphatic heterocycles. The van der Waals surface area contributed by atoms with Crippen molar-refractivity contribution in [2.24, 2.45) is 0 Å². The van der Waals surface area contributed by atoms with Gasteiger partial charge in [-0.3, -0.25) is 0 Å². The smallest absolute Gasteiger partial charge is 0.240 e. The Morgan fingerprint density at radius 1 is 1.08 bits per heavy atom. The van der Waals surface area contributed by atoms with Crippen molar-refractivity contribution in [3.63, 3.8) is 0 Å². The van der Waals surface area contributed by atoms with Crippen molar-refractivity contribution in [1.29, 1.82) is 0 Å². The van der Waals surface area contributed by atoms with Crippen LogP contribution < -0.4 is 4.72 Å². The van der Waals surface area contributed by atoms with Gasteiger partial charge in [-0.1, -0.05) is 18.2 Å². The first-order valence-electron chi connectivity index (χ1n) is 8.14. The molecule has 136 valence electrons. The van der Waals surface area contributed by atoms with Crippen LogP contribution in [0.5, 0.6) is 0 Å². The molecule has 1 N–H and O–H groups in total. The molecule has 1 heterocycles. The molecule has 3 rings (SSSR count). The molecule has 2 aromatic carbocycles. The summed E-state index contributed by atoms with van der Waals surface area (Å²) in [5, 5.41) is 0.805. The molecule has 1 aromatic heterocycles. The maximum absolute atomic E-state index is 13.1. The molecule has 0 saturated heterocycles. The van der Waals surface area contributed by atoms with Gasteiger partial charge < -0.3 is 0 Å². The van der Waals surface area contributed by atoms with Gasteiger partial charge in [-0.25, -0.2) is 22.5 Å². The third-order valence-electron chi connectivity index (χ3n) is 4.01. The number of rotatable bonds is 6. The van der Waals surface area contributed by atoms with Gasteiger partial charge in [0.1, 0.15) is 10.8 Å². The van der Waals surface area contributed by atoms with E-state index in [4.69, 9.17) is 0 Å². The molecule has 0 unspecified atom stereocenters. The number of halogens is 1. The fourth-order valence-electron chi connectivity index (χ4n) is 2.61. The molecular formula is C19H19FN2O2S2. The van der Waals surface area contributed by atoms with E-state index in [-0.39, 0.29) is 5.82 Å². The largest absolute Gasteiger partial charge is 0.241 e. The zero-order valence-electron chi connectivity index (χ0n) is 14.5. The third kappa shape index (κ3) is 4.17. The molecule has 0 atom stereocenters. The van der Waals surface area contributed by atoms with Crippen molar-refractivity contribution in [3.05, 3.63) is 70.5 Å². The van der Waals surface area contributed by atoms with Crippen LogP contribution in [0.15, 0.2) is 53.4 Å². The summed E-state index contributed by atoms with van der Waals surface area (Å²) in [5.74, 6) is -0.284. The predicted octanol–water partition coefficient (Wildman–Crippen LogP) is 4.09. The monoisotopic (exact) mass is 390 g/mol. The SMILES string of the molecule is Cc1ccccc1S(=O)(=O)NCCc1sc(-c2ccc(F)cc2)nc1C. The lowest BCUT2D eigenvalue weighted by Crippen LogP contribution is -2.26. The number of benzene rings is 2. The molecule has 26 heavy (non-hydrogen) atoms. The van der Waals surface area contributed by atoms with Crippen LogP contribution in [0.25, 0.3) is 10.6 Å². The van der Waals surface area contributed by atoms with E-state index in [0.29, 0.717) is 23.4 Å². The van der Waals surface area contributed by atoms with Crippen LogP contribution in [-0.4, -0.2) is 19.9 Å². The minimum atomic E-state index is -3.53. The Kier molecular flexibility index (Phi) is 5.50. The van der Waals surface area contributed by atoms with Crippen LogP contribution in [0.3, 0.4) is 0 Å². The van der Waals surface area contributed by atoms with Crippen molar-refractivity contribution in [2.75, 3.05) is 6.54 Å². The van der Waals surface area contributed by atoms with Gasteiger partial charge in [0.15, 0.2) is 0 Å². The number of hydrogen-bond acceptors (Lipinski definition) is 4. The highest BCUT2D eigenvalue weighted by atomic mass is 32.2. The van der Waals surface area contributed by atoms with Crippen LogP contribution in [-0.2, 0) is 16.4 Å². The zero-order valence-corrected chi connectivity index (χ0v) is 16.1. The lowest BCUT2D eigenvalue weighted by molar-refractivity contribution is 0.581. The van der Waals surface area contributed by atoms with E-state index < -0.39 is 10.0 Å². The number of nitrogens with zero attached hydrogens (tertiary/aromatic N) is 1. The van der Waals surface area contributed by atoms with E-state index in [1.165, 1.54) is 23.5 Å². The average Bonchev–Trinajstić information content (AvgIpc) is 2.96. The second-order valence-corrected chi connectivity index (χ2v) is 8.77. The number of sulfonamides is 1. The Labute approximate surface area is 156 Å². The van der Waals surface area contributed by atoms with Crippen LogP contribution in [0.1, 0.15) is 16.1 Å². The highest BCUT2D eigenvalue weighted by molar-refractivity contribution is 7.89. The Morgan fingerprint density at radius 3 is 2.46 bits per heavy atom. The highest BCUT2D eigenvalue weighted by Gasteiger charge is 2.16. The first-order valence-corrected chi connectivity index (χ1v) is 10.4. The molecule has 0 saturated carbocycles. The summed E-state index contributed by atoms with van der Waals surface area (Å²) in [5.41, 5.74) is 2.43. The quantitative estimate of drug-likeness (QED) is 0.690. The minimum absolute atomic E-state index is 0.284. The fourth-order valence-corrected chi connectivity index (χ4v) is 4.95. The van der Waals surface area contributed by atoms with E-state index in [9.17, 15) is 12.8 Å². The van der Waals surface area contributed by atoms with Gasteiger partial charge in [0.2, 0.25) is 10.0 Å². The summed E-state index contributed by atoms with van der Waals surface area (Å²) in [7, 11) is -3.53. The third-order valence-corrected chi connectivity index (χ3v) is 6.90. The summed E-state index contributed by atoms with van der Waals surface area (Å²) < 4.78 is 40.6. The van der Waals surface area contributed by atoms with E-state index in [1.807, 2.05) is 13.0 Å². The maximum Gasteiger partial charge on any atom is 0.240 e. The van der Waals surface area contributed by atoms with Gasteiger partial charge in [0.05, 0.1) is 10.6 Å². The molecule has 7 heteroatoms. The molecule has 3 aromatic rings. The standard InChI is InChI=1S/C19H19FN2O2S2/c1-13-5-3-4-6-18(13)26(23,24)21-12-11-17-14(2)22-19(25-17)15-7-9-16(20)10-8-15/h3-10,21H,11-12H2,1-2H3. The van der Waals surface area contributed by atoms with Crippen molar-refractivity contribution >= 4 is 21.4 Å². The first-order chi connectivity index (χ1) is 12.4. The predicted molar refractivity (Wildman–Crippen MR) is 102 cm³/mol. The van der Waals surface area contributed by atoms with Crippen molar-refractivity contribution < 1.29 is 12.8 Å². The molecule has 0 spiro atoms. The van der Waals surface area contributed by atoms with Crippen LogP contribution in [0.2, 0.25) is 0 Å². The Bertz CT molecular complexity index is 1010. The van der Waals surface area contributed by atoms with Crippen molar-refractivity contribution in [1.82, 2.24) is 9.71 Å². The summed E-state index contributed by atoms with van der Waals surface area (Å²) in [6.45, 7) is 3.97. The van der Waals surface area contributed by atoms with Crippen LogP contribution in [0.4, 0.5) is 4.39 Å². The fraction of sp³-hybridized carbons (Fsp3) is 0.211. The second-order valence-electron chi connectivity index (χ2n) is 5.95. The van der Waals surface area contributed by atoms with Gasteiger partial charge in [-0.05, 0) is 56.2 Å². The molecule has 0 radical (unpaired) electrons. The zero-order chi connectivity index (χ0) is 18.7. The lowest BCUT2D eigenvalue weighted by atomic mass is 10.2. The maximum atomic E-state index is 13.1. The number of aromatic nitrogens is 1. The second kappa shape index (κ2) is 7.65. The van der Waals surface area contributed by atoms with Crippen LogP contribution in [0, 0.1) is 19.7 Å². The Hall–Kier alpha value is -2.09. The molecular weight excluding hydrogens is 371 g/mol. The number of aryl methyl sites for hydroxylation is 2. The van der Waals surface area contributed by atoms with Crippen LogP contribution >= 0.6 is 11.3 Å². The van der Waals surface area contributed by atoms with Crippen molar-refractivity contribution in [3.8, 4) is 10.6 Å². The van der Waals surface area contributed by atoms with Gasteiger partial charge in [0, 0.05) is 17.0 Å². The van der Waals surface area contributed by atoms with Gasteiger partial charge in [-0.15, -0.1) is 11.3 Å². The molecule has 0 aliphatic rings. The topological polar surface area (TPSA) is 59.1 Å². The van der Waals surface area contributed by atoms with Crippen molar-refractivity contribution in [2.45, 2.75) is 25.2 Å². The van der Waals surface area contributed by atoms with Gasteiger partial charge in [0.25, 0.3) is 0 Å². The minimum Gasteiger partial charge on any atom is -0.241 e. The molecule has 0 aliphatic carbocycles. The summed E-state index contributed by atoms with van der Waals surface area (Å²) in [6.07, 6.45) is 0.551. The molecule has 4 nitrogen and oxygen atoms in total. The van der Waals surface area contributed by atoms with E-state index in [0.717, 1.165) is 21.1 Å². The lowest BCUT2D eigenvalue weighted by Gasteiger charge is -2.08. The number of hydrogen-bond donors (Lipinski definition) is 1. The summed E-state index contributed by atoms with van der Waals surface area (Å²) in [4.78, 5) is 5.83. The van der Waals surface area contributed by atoms with Gasteiger partial charge in [-0.2, -0.15) is 0 Å². The van der Waals surface area contributed by atoms with E-state index in [1.54, 1.807) is 37.3 Å². The van der Waals surface area contributed by atoms with E-state index in [2.05, 4.69) is 9.71 Å². The summed E-state index contributed by atoms with van der Waals surface area (Å²) >= 11 is 1.50. The summed E-state index contributed by atoms with van der Waals surface area (Å²) in [6, 6.07) is 13.1. The highest BCUT2D eigenvalue weighted by Crippen LogP contribution is 2.28. The molecule has 0 fully saturated rings.